The molecule has 0 radical (unpaired) electrons. The van der Waals surface area contributed by atoms with E-state index in [0.29, 0.717) is 11.4 Å². The average molecular weight is 435 g/mol. The van der Waals surface area contributed by atoms with Gasteiger partial charge in [-0.1, -0.05) is 12.1 Å². The number of hydrogen-bond donors (Lipinski definition) is 0. The predicted octanol–water partition coefficient (Wildman–Crippen LogP) is 5.64. The molecule has 2 aromatic rings. The van der Waals surface area contributed by atoms with Crippen LogP contribution in [-0.2, 0) is 0 Å². The third kappa shape index (κ3) is 3.73. The molecule has 0 fully saturated rings. The molecule has 0 aliphatic carbocycles. The molecular weight excluding hydrogens is 421 g/mol. The van der Waals surface area contributed by atoms with Crippen molar-refractivity contribution in [1.82, 2.24) is 4.90 Å². The Labute approximate surface area is 144 Å². The van der Waals surface area contributed by atoms with Gasteiger partial charge < -0.3 is 4.90 Å². The summed E-state index contributed by atoms with van der Waals surface area (Å²) in [5.41, 5.74) is 0.918. The first-order chi connectivity index (χ1) is 9.93. The summed E-state index contributed by atoms with van der Waals surface area (Å²) in [6.07, 6.45) is 0. The minimum Gasteiger partial charge on any atom is -0.331 e. The first-order valence-electron chi connectivity index (χ1n) is 6.45. The highest BCUT2D eigenvalue weighted by Gasteiger charge is 2.23. The number of hydrogen-bond acceptors (Lipinski definition) is 2. The zero-order chi connectivity index (χ0) is 15.6. The fourth-order valence-electron chi connectivity index (χ4n) is 2.11. The van der Waals surface area contributed by atoms with Crippen molar-refractivity contribution in [2.45, 2.75) is 19.9 Å². The highest BCUT2D eigenvalue weighted by atomic mass is 79.9. The maximum atomic E-state index is 13.0. The van der Waals surface area contributed by atoms with Crippen LogP contribution in [-0.4, -0.2) is 17.4 Å². The van der Waals surface area contributed by atoms with Crippen LogP contribution < -0.4 is 0 Å². The fourth-order valence-corrected chi connectivity index (χ4v) is 4.10. The van der Waals surface area contributed by atoms with E-state index in [1.54, 1.807) is 17.0 Å². The van der Waals surface area contributed by atoms with Gasteiger partial charge in [0.15, 0.2) is 0 Å². The van der Waals surface area contributed by atoms with E-state index in [2.05, 4.69) is 31.9 Å². The number of rotatable bonds is 4. The molecule has 21 heavy (non-hydrogen) atoms. The molecule has 0 aliphatic heterocycles. The second-order valence-corrected chi connectivity index (χ2v) is 7.78. The van der Waals surface area contributed by atoms with Crippen LogP contribution in [0.15, 0.2) is 38.6 Å². The van der Waals surface area contributed by atoms with Gasteiger partial charge in [-0.25, -0.2) is 4.39 Å². The summed E-state index contributed by atoms with van der Waals surface area (Å²) in [4.78, 5) is 15.1. The molecule has 0 aliphatic rings. The van der Waals surface area contributed by atoms with Crippen LogP contribution in [0, 0.1) is 5.82 Å². The largest absolute Gasteiger partial charge is 0.331 e. The van der Waals surface area contributed by atoms with Crippen molar-refractivity contribution < 1.29 is 9.18 Å². The first-order valence-corrected chi connectivity index (χ1v) is 8.85. The van der Waals surface area contributed by atoms with Gasteiger partial charge in [0.25, 0.3) is 5.91 Å². The topological polar surface area (TPSA) is 20.3 Å². The summed E-state index contributed by atoms with van der Waals surface area (Å²) in [6.45, 7) is 4.48. The SMILES string of the molecule is CCN(C(=O)c1cc(Br)c(Br)s1)C(C)c1ccc(F)cc1. The van der Waals surface area contributed by atoms with E-state index in [4.69, 9.17) is 0 Å². The van der Waals surface area contributed by atoms with Crippen molar-refractivity contribution >= 4 is 49.1 Å². The first kappa shape index (κ1) is 16.6. The van der Waals surface area contributed by atoms with Crippen molar-refractivity contribution in [3.05, 3.63) is 54.8 Å². The predicted molar refractivity (Wildman–Crippen MR) is 91.2 cm³/mol. The van der Waals surface area contributed by atoms with Crippen LogP contribution in [0.2, 0.25) is 0 Å². The summed E-state index contributed by atoms with van der Waals surface area (Å²) in [7, 11) is 0. The Bertz CT molecular complexity index is 622. The molecule has 0 saturated carbocycles. The molecule has 1 unspecified atom stereocenters. The second-order valence-electron chi connectivity index (χ2n) is 4.55. The van der Waals surface area contributed by atoms with Crippen LogP contribution in [0.25, 0.3) is 0 Å². The molecule has 2 rings (SSSR count). The van der Waals surface area contributed by atoms with Crippen molar-refractivity contribution in [1.29, 1.82) is 0 Å². The highest BCUT2D eigenvalue weighted by Crippen LogP contribution is 2.34. The van der Waals surface area contributed by atoms with E-state index in [9.17, 15) is 9.18 Å². The summed E-state index contributed by atoms with van der Waals surface area (Å²) >= 11 is 8.20. The molecular formula is C15H14Br2FNOS. The smallest absolute Gasteiger partial charge is 0.264 e. The van der Waals surface area contributed by atoms with E-state index in [-0.39, 0.29) is 17.8 Å². The Hall–Kier alpha value is -0.720. The Morgan fingerprint density at radius 3 is 2.43 bits per heavy atom. The molecule has 0 N–H and O–H groups in total. The Morgan fingerprint density at radius 2 is 1.95 bits per heavy atom. The maximum Gasteiger partial charge on any atom is 0.264 e. The van der Waals surface area contributed by atoms with E-state index >= 15 is 0 Å². The Balaban J connectivity index is 2.25. The number of benzene rings is 1. The highest BCUT2D eigenvalue weighted by molar-refractivity contribution is 9.13. The number of carbonyl (C=O) groups is 1. The summed E-state index contributed by atoms with van der Waals surface area (Å²) in [5, 5.41) is 0. The molecule has 112 valence electrons. The normalized spacial score (nSPS) is 12.2. The molecule has 1 heterocycles. The van der Waals surface area contributed by atoms with E-state index in [0.717, 1.165) is 13.8 Å². The number of carbonyl (C=O) groups excluding carboxylic acids is 1. The zero-order valence-electron chi connectivity index (χ0n) is 11.6. The molecule has 1 aromatic carbocycles. The van der Waals surface area contributed by atoms with E-state index in [1.165, 1.54) is 23.5 Å². The Morgan fingerprint density at radius 1 is 1.33 bits per heavy atom. The van der Waals surface area contributed by atoms with Crippen molar-refractivity contribution in [2.75, 3.05) is 6.54 Å². The van der Waals surface area contributed by atoms with Crippen LogP contribution >= 0.6 is 43.2 Å². The lowest BCUT2D eigenvalue weighted by Crippen LogP contribution is -2.32. The lowest BCUT2D eigenvalue weighted by atomic mass is 10.1. The standard InChI is InChI=1S/C15H14Br2FNOS/c1-3-19(9(2)10-4-6-11(18)7-5-10)15(20)13-8-12(16)14(17)21-13/h4-9H,3H2,1-2H3. The molecule has 0 saturated heterocycles. The maximum absolute atomic E-state index is 13.0. The quantitative estimate of drug-likeness (QED) is 0.610. The van der Waals surface area contributed by atoms with Crippen LogP contribution in [0.4, 0.5) is 4.39 Å². The summed E-state index contributed by atoms with van der Waals surface area (Å²) in [6, 6.07) is 7.98. The third-order valence-electron chi connectivity index (χ3n) is 3.28. The van der Waals surface area contributed by atoms with Crippen LogP contribution in [0.3, 0.4) is 0 Å². The Kier molecular flexibility index (Phi) is 5.57. The summed E-state index contributed by atoms with van der Waals surface area (Å²) in [5.74, 6) is -0.294. The molecule has 0 spiro atoms. The van der Waals surface area contributed by atoms with Crippen LogP contribution in [0.1, 0.15) is 35.1 Å². The zero-order valence-corrected chi connectivity index (χ0v) is 15.6. The monoisotopic (exact) mass is 433 g/mol. The molecule has 1 amide bonds. The van der Waals surface area contributed by atoms with Gasteiger partial charge in [-0.3, -0.25) is 4.79 Å². The lowest BCUT2D eigenvalue weighted by molar-refractivity contribution is 0.0707. The van der Waals surface area contributed by atoms with Crippen molar-refractivity contribution in [3.8, 4) is 0 Å². The van der Waals surface area contributed by atoms with E-state index < -0.39 is 0 Å². The average Bonchev–Trinajstić information content (AvgIpc) is 2.80. The molecule has 1 atom stereocenters. The number of thiophene rings is 1. The minimum absolute atomic E-state index is 0.0225. The van der Waals surface area contributed by atoms with Gasteiger partial charge in [-0.15, -0.1) is 11.3 Å². The fraction of sp³-hybridized carbons (Fsp3) is 0.267. The van der Waals surface area contributed by atoms with Gasteiger partial charge in [0.05, 0.1) is 14.7 Å². The van der Waals surface area contributed by atoms with Gasteiger partial charge in [-0.05, 0) is 69.5 Å². The minimum atomic E-state index is -0.272. The number of nitrogens with zero attached hydrogens (tertiary/aromatic N) is 1. The molecule has 0 bridgehead atoms. The van der Waals surface area contributed by atoms with Gasteiger partial charge in [0.2, 0.25) is 0 Å². The molecule has 6 heteroatoms. The van der Waals surface area contributed by atoms with E-state index in [1.807, 2.05) is 19.9 Å². The van der Waals surface area contributed by atoms with Crippen LogP contribution in [0.5, 0.6) is 0 Å². The lowest BCUT2D eigenvalue weighted by Gasteiger charge is -2.28. The van der Waals surface area contributed by atoms with Gasteiger partial charge in [0.1, 0.15) is 5.82 Å². The third-order valence-corrected chi connectivity index (χ3v) is 6.52. The number of halogens is 3. The van der Waals surface area contributed by atoms with Gasteiger partial charge in [0, 0.05) is 11.0 Å². The van der Waals surface area contributed by atoms with Gasteiger partial charge in [-0.2, -0.15) is 0 Å². The molecule has 1 aromatic heterocycles. The van der Waals surface area contributed by atoms with Crippen molar-refractivity contribution in [3.63, 3.8) is 0 Å². The second kappa shape index (κ2) is 7.03. The summed E-state index contributed by atoms with van der Waals surface area (Å²) < 4.78 is 14.8. The van der Waals surface area contributed by atoms with Gasteiger partial charge >= 0.3 is 0 Å². The number of amides is 1. The van der Waals surface area contributed by atoms with Crippen molar-refractivity contribution in [2.24, 2.45) is 0 Å². The molecule has 2 nitrogen and oxygen atoms in total.